The van der Waals surface area contributed by atoms with Gasteiger partial charge in [0.05, 0.1) is 14.2 Å². The second kappa shape index (κ2) is 7.88. The number of hydrogen-bond donors (Lipinski definition) is 1. The molecule has 0 aliphatic heterocycles. The van der Waals surface area contributed by atoms with E-state index in [1.807, 2.05) is 38.4 Å². The lowest BCUT2D eigenvalue weighted by atomic mass is 9.87. The van der Waals surface area contributed by atoms with Gasteiger partial charge in [0.2, 0.25) is 0 Å². The van der Waals surface area contributed by atoms with Crippen molar-refractivity contribution in [3.05, 3.63) is 53.6 Å². The highest BCUT2D eigenvalue weighted by Crippen LogP contribution is 2.44. The van der Waals surface area contributed by atoms with Crippen LogP contribution in [0, 0.1) is 0 Å². The van der Waals surface area contributed by atoms with Gasteiger partial charge in [0, 0.05) is 11.5 Å². The Hall–Kier alpha value is -2.20. The molecule has 4 heteroatoms. The first kappa shape index (κ1) is 17.2. The number of ether oxygens (including phenoxy) is 2. The zero-order valence-corrected chi connectivity index (χ0v) is 14.2. The first-order valence-electron chi connectivity index (χ1n) is 7.72. The van der Waals surface area contributed by atoms with Crippen molar-refractivity contribution in [1.82, 2.24) is 4.90 Å². The number of nitrogens with zero attached hydrogens (tertiary/aromatic N) is 1. The first-order valence-corrected chi connectivity index (χ1v) is 7.72. The fraction of sp³-hybridized carbons (Fsp3) is 0.368. The maximum absolute atomic E-state index is 10.7. The van der Waals surface area contributed by atoms with Gasteiger partial charge in [-0.15, -0.1) is 0 Å². The van der Waals surface area contributed by atoms with Crippen molar-refractivity contribution >= 4 is 0 Å². The van der Waals surface area contributed by atoms with E-state index in [9.17, 15) is 5.11 Å². The highest BCUT2D eigenvalue weighted by Gasteiger charge is 2.24. The van der Waals surface area contributed by atoms with Gasteiger partial charge in [-0.2, -0.15) is 0 Å². The first-order chi connectivity index (χ1) is 11.1. The van der Waals surface area contributed by atoms with Crippen LogP contribution in [-0.4, -0.2) is 44.9 Å². The normalized spacial score (nSPS) is 12.2. The van der Waals surface area contributed by atoms with E-state index in [2.05, 4.69) is 17.0 Å². The van der Waals surface area contributed by atoms with Gasteiger partial charge in [-0.05, 0) is 44.8 Å². The van der Waals surface area contributed by atoms with Gasteiger partial charge in [-0.1, -0.05) is 30.3 Å². The molecule has 124 valence electrons. The van der Waals surface area contributed by atoms with Crippen LogP contribution in [0.15, 0.2) is 42.5 Å². The van der Waals surface area contributed by atoms with Crippen molar-refractivity contribution in [2.75, 3.05) is 34.9 Å². The van der Waals surface area contributed by atoms with Crippen LogP contribution in [0.25, 0.3) is 0 Å². The largest absolute Gasteiger partial charge is 0.504 e. The highest BCUT2D eigenvalue weighted by molar-refractivity contribution is 5.57. The van der Waals surface area contributed by atoms with Crippen LogP contribution >= 0.6 is 0 Å². The Morgan fingerprint density at radius 3 is 2.13 bits per heavy atom. The molecule has 0 bridgehead atoms. The summed E-state index contributed by atoms with van der Waals surface area (Å²) >= 11 is 0. The summed E-state index contributed by atoms with van der Waals surface area (Å²) in [6, 6.07) is 13.8. The Balaban J connectivity index is 2.54. The maximum atomic E-state index is 10.7. The van der Waals surface area contributed by atoms with Gasteiger partial charge in [-0.3, -0.25) is 0 Å². The van der Waals surface area contributed by atoms with E-state index < -0.39 is 0 Å². The summed E-state index contributed by atoms with van der Waals surface area (Å²) in [5.74, 6) is 1.32. The molecule has 1 N–H and O–H groups in total. The molecule has 1 atom stereocenters. The molecular formula is C19H25NO3. The summed E-state index contributed by atoms with van der Waals surface area (Å²) in [6.07, 6.45) is 0.869. The van der Waals surface area contributed by atoms with Crippen LogP contribution in [0.3, 0.4) is 0 Å². The Morgan fingerprint density at radius 2 is 1.57 bits per heavy atom. The average molecular weight is 315 g/mol. The number of rotatable bonds is 7. The summed E-state index contributed by atoms with van der Waals surface area (Å²) in [4.78, 5) is 2.14. The zero-order valence-electron chi connectivity index (χ0n) is 14.2. The molecule has 0 amide bonds. The number of methoxy groups -OCH3 is 2. The quantitative estimate of drug-likeness (QED) is 0.849. The standard InChI is InChI=1S/C19H25NO3/c1-20(2)13-12-15(14-8-6-5-7-9-14)18-16(22-3)10-11-17(23-4)19(18)21/h5-11,15,21H,12-13H2,1-4H3. The van der Waals surface area contributed by atoms with Crippen molar-refractivity contribution < 1.29 is 14.6 Å². The molecule has 2 aromatic carbocycles. The van der Waals surface area contributed by atoms with Crippen molar-refractivity contribution in [3.63, 3.8) is 0 Å². The van der Waals surface area contributed by atoms with Crippen molar-refractivity contribution in [2.24, 2.45) is 0 Å². The second-order valence-electron chi connectivity index (χ2n) is 5.79. The number of phenols is 1. The minimum atomic E-state index is 0.0312. The molecule has 0 aliphatic carbocycles. The lowest BCUT2D eigenvalue weighted by Gasteiger charge is -2.24. The molecule has 0 radical (unpaired) electrons. The summed E-state index contributed by atoms with van der Waals surface area (Å²) < 4.78 is 10.8. The van der Waals surface area contributed by atoms with Gasteiger partial charge in [0.1, 0.15) is 5.75 Å². The third-order valence-corrected chi connectivity index (χ3v) is 4.00. The number of benzene rings is 2. The van der Waals surface area contributed by atoms with E-state index in [1.165, 1.54) is 0 Å². The Labute approximate surface area is 138 Å². The van der Waals surface area contributed by atoms with Gasteiger partial charge in [0.25, 0.3) is 0 Å². The van der Waals surface area contributed by atoms with Gasteiger partial charge in [0.15, 0.2) is 11.5 Å². The highest BCUT2D eigenvalue weighted by atomic mass is 16.5. The maximum Gasteiger partial charge on any atom is 0.165 e. The molecular weight excluding hydrogens is 290 g/mol. The lowest BCUT2D eigenvalue weighted by molar-refractivity contribution is 0.350. The fourth-order valence-electron chi connectivity index (χ4n) is 2.80. The van der Waals surface area contributed by atoms with Gasteiger partial charge >= 0.3 is 0 Å². The van der Waals surface area contributed by atoms with Crippen LogP contribution in [0.5, 0.6) is 17.2 Å². The Morgan fingerprint density at radius 1 is 0.957 bits per heavy atom. The average Bonchev–Trinajstić information content (AvgIpc) is 2.56. The monoisotopic (exact) mass is 315 g/mol. The van der Waals surface area contributed by atoms with Crippen LogP contribution in [0.2, 0.25) is 0 Å². The summed E-state index contributed by atoms with van der Waals surface area (Å²) in [7, 11) is 7.27. The van der Waals surface area contributed by atoms with E-state index in [-0.39, 0.29) is 11.7 Å². The number of aromatic hydroxyl groups is 1. The van der Waals surface area contributed by atoms with Crippen molar-refractivity contribution in [2.45, 2.75) is 12.3 Å². The summed E-state index contributed by atoms with van der Waals surface area (Å²) in [5, 5.41) is 10.7. The predicted octanol–water partition coefficient (Wildman–Crippen LogP) is 3.49. The number of hydrogen-bond acceptors (Lipinski definition) is 4. The summed E-state index contributed by atoms with van der Waals surface area (Å²) in [5.41, 5.74) is 1.93. The molecule has 0 saturated carbocycles. The molecule has 2 aromatic rings. The molecule has 23 heavy (non-hydrogen) atoms. The molecule has 1 unspecified atom stereocenters. The topological polar surface area (TPSA) is 41.9 Å². The van der Waals surface area contributed by atoms with E-state index in [0.717, 1.165) is 24.1 Å². The second-order valence-corrected chi connectivity index (χ2v) is 5.79. The predicted molar refractivity (Wildman–Crippen MR) is 92.7 cm³/mol. The third kappa shape index (κ3) is 3.96. The van der Waals surface area contributed by atoms with Crippen molar-refractivity contribution in [1.29, 1.82) is 0 Å². The van der Waals surface area contributed by atoms with Crippen LogP contribution in [0.4, 0.5) is 0 Å². The van der Waals surface area contributed by atoms with Crippen molar-refractivity contribution in [3.8, 4) is 17.2 Å². The Kier molecular flexibility index (Phi) is 5.88. The molecule has 0 aliphatic rings. The smallest absolute Gasteiger partial charge is 0.165 e. The molecule has 0 fully saturated rings. The fourth-order valence-corrected chi connectivity index (χ4v) is 2.80. The van der Waals surface area contributed by atoms with E-state index in [0.29, 0.717) is 11.5 Å². The van der Waals surface area contributed by atoms with E-state index in [1.54, 1.807) is 20.3 Å². The minimum absolute atomic E-state index is 0.0312. The van der Waals surface area contributed by atoms with Gasteiger partial charge < -0.3 is 19.5 Å². The zero-order chi connectivity index (χ0) is 16.8. The van der Waals surface area contributed by atoms with Crippen LogP contribution in [-0.2, 0) is 0 Å². The molecule has 0 heterocycles. The van der Waals surface area contributed by atoms with Gasteiger partial charge in [-0.25, -0.2) is 0 Å². The molecule has 2 rings (SSSR count). The third-order valence-electron chi connectivity index (χ3n) is 4.00. The molecule has 0 aromatic heterocycles. The van der Waals surface area contributed by atoms with E-state index >= 15 is 0 Å². The summed E-state index contributed by atoms with van der Waals surface area (Å²) in [6.45, 7) is 0.902. The van der Waals surface area contributed by atoms with Crippen LogP contribution < -0.4 is 9.47 Å². The molecule has 0 spiro atoms. The minimum Gasteiger partial charge on any atom is -0.504 e. The molecule has 4 nitrogen and oxygen atoms in total. The van der Waals surface area contributed by atoms with E-state index in [4.69, 9.17) is 9.47 Å². The Bertz CT molecular complexity index is 626. The lowest BCUT2D eigenvalue weighted by Crippen LogP contribution is -2.17. The number of phenolic OH excluding ortho intramolecular Hbond substituents is 1. The van der Waals surface area contributed by atoms with Crippen LogP contribution in [0.1, 0.15) is 23.5 Å². The SMILES string of the molecule is COc1ccc(OC)c(C(CCN(C)C)c2ccccc2)c1O. The molecule has 0 saturated heterocycles.